The van der Waals surface area contributed by atoms with Gasteiger partial charge in [-0.2, -0.15) is 0 Å². The minimum absolute atomic E-state index is 0.170. The zero-order chi connectivity index (χ0) is 12.8. The first-order valence-electron chi connectivity index (χ1n) is 5.87. The van der Waals surface area contributed by atoms with Crippen molar-refractivity contribution in [2.75, 3.05) is 18.0 Å². The quantitative estimate of drug-likeness (QED) is 0.766. The molecule has 17 heavy (non-hydrogen) atoms. The summed E-state index contributed by atoms with van der Waals surface area (Å²) in [6, 6.07) is 5.36. The van der Waals surface area contributed by atoms with E-state index in [1.165, 1.54) is 0 Å². The SMILES string of the molecule is C#CCN(CCC)c1ccc(C(C)N)c(O)c1. The third-order valence-electron chi connectivity index (χ3n) is 2.65. The molecule has 0 amide bonds. The molecule has 3 nitrogen and oxygen atoms in total. The molecule has 0 aromatic heterocycles. The van der Waals surface area contributed by atoms with Gasteiger partial charge in [-0.05, 0) is 19.4 Å². The first-order chi connectivity index (χ1) is 8.10. The van der Waals surface area contributed by atoms with Crippen LogP contribution in [0.4, 0.5) is 5.69 Å². The highest BCUT2D eigenvalue weighted by Gasteiger charge is 2.10. The molecule has 1 aromatic rings. The van der Waals surface area contributed by atoms with Crippen LogP contribution in [-0.4, -0.2) is 18.2 Å². The molecule has 0 heterocycles. The molecule has 0 aliphatic heterocycles. The Morgan fingerprint density at radius 1 is 1.53 bits per heavy atom. The molecule has 0 aliphatic carbocycles. The number of hydrogen-bond acceptors (Lipinski definition) is 3. The van der Waals surface area contributed by atoms with Crippen molar-refractivity contribution in [3.05, 3.63) is 23.8 Å². The molecule has 0 fully saturated rings. The molecular weight excluding hydrogens is 212 g/mol. The van der Waals surface area contributed by atoms with Crippen molar-refractivity contribution in [1.29, 1.82) is 0 Å². The van der Waals surface area contributed by atoms with Crippen molar-refractivity contribution in [3.63, 3.8) is 0 Å². The topological polar surface area (TPSA) is 49.5 Å². The summed E-state index contributed by atoms with van der Waals surface area (Å²) in [4.78, 5) is 2.06. The van der Waals surface area contributed by atoms with Gasteiger partial charge >= 0.3 is 0 Å². The number of hydrogen-bond donors (Lipinski definition) is 2. The van der Waals surface area contributed by atoms with E-state index < -0.39 is 0 Å². The summed E-state index contributed by atoms with van der Waals surface area (Å²) < 4.78 is 0. The van der Waals surface area contributed by atoms with Gasteiger partial charge in [0.2, 0.25) is 0 Å². The first kappa shape index (κ1) is 13.4. The summed E-state index contributed by atoms with van der Waals surface area (Å²) in [6.45, 7) is 5.37. The fourth-order valence-electron chi connectivity index (χ4n) is 1.79. The van der Waals surface area contributed by atoms with Gasteiger partial charge in [-0.25, -0.2) is 0 Å². The molecule has 0 spiro atoms. The smallest absolute Gasteiger partial charge is 0.122 e. The van der Waals surface area contributed by atoms with Crippen LogP contribution in [0.3, 0.4) is 0 Å². The van der Waals surface area contributed by atoms with Gasteiger partial charge in [-0.1, -0.05) is 18.9 Å². The molecular formula is C14H20N2O. The van der Waals surface area contributed by atoms with Crippen LogP contribution >= 0.6 is 0 Å². The van der Waals surface area contributed by atoms with E-state index in [9.17, 15) is 5.11 Å². The Hall–Kier alpha value is -1.66. The van der Waals surface area contributed by atoms with Crippen LogP contribution in [0.5, 0.6) is 5.75 Å². The highest BCUT2D eigenvalue weighted by molar-refractivity contribution is 5.54. The molecule has 0 saturated carbocycles. The summed E-state index contributed by atoms with van der Waals surface area (Å²) >= 11 is 0. The Kier molecular flexibility index (Phi) is 4.86. The predicted molar refractivity (Wildman–Crippen MR) is 72.0 cm³/mol. The van der Waals surface area contributed by atoms with Crippen molar-refractivity contribution in [2.24, 2.45) is 5.73 Å². The van der Waals surface area contributed by atoms with E-state index >= 15 is 0 Å². The number of terminal acetylenes is 1. The summed E-state index contributed by atoms with van der Waals surface area (Å²) in [5, 5.41) is 9.89. The Labute approximate surface area is 103 Å². The number of nitrogens with zero attached hydrogens (tertiary/aromatic N) is 1. The maximum absolute atomic E-state index is 9.89. The third kappa shape index (κ3) is 3.40. The predicted octanol–water partition coefficient (Wildman–Crippen LogP) is 2.26. The lowest BCUT2D eigenvalue weighted by Gasteiger charge is -2.22. The van der Waals surface area contributed by atoms with Gasteiger partial charge in [-0.15, -0.1) is 6.42 Å². The maximum Gasteiger partial charge on any atom is 0.122 e. The third-order valence-corrected chi connectivity index (χ3v) is 2.65. The van der Waals surface area contributed by atoms with E-state index in [2.05, 4.69) is 17.7 Å². The number of phenols is 1. The second-order valence-corrected chi connectivity index (χ2v) is 4.16. The molecule has 3 heteroatoms. The molecule has 1 rings (SSSR count). The molecule has 1 unspecified atom stereocenters. The van der Waals surface area contributed by atoms with Crippen LogP contribution in [0.2, 0.25) is 0 Å². The lowest BCUT2D eigenvalue weighted by atomic mass is 10.1. The molecule has 0 bridgehead atoms. The number of rotatable bonds is 5. The Balaban J connectivity index is 2.98. The highest BCUT2D eigenvalue weighted by Crippen LogP contribution is 2.28. The highest BCUT2D eigenvalue weighted by atomic mass is 16.3. The number of aromatic hydroxyl groups is 1. The van der Waals surface area contributed by atoms with Crippen molar-refractivity contribution >= 4 is 5.69 Å². The van der Waals surface area contributed by atoms with Gasteiger partial charge in [0.05, 0.1) is 6.54 Å². The van der Waals surface area contributed by atoms with Crippen LogP contribution in [0.15, 0.2) is 18.2 Å². The molecule has 0 saturated heterocycles. The average molecular weight is 232 g/mol. The summed E-state index contributed by atoms with van der Waals surface area (Å²) in [5.41, 5.74) is 7.44. The zero-order valence-corrected chi connectivity index (χ0v) is 10.5. The van der Waals surface area contributed by atoms with Crippen molar-refractivity contribution in [1.82, 2.24) is 0 Å². The fourth-order valence-corrected chi connectivity index (χ4v) is 1.79. The van der Waals surface area contributed by atoms with Crippen LogP contribution in [-0.2, 0) is 0 Å². The number of phenolic OH excluding ortho intramolecular Hbond substituents is 1. The van der Waals surface area contributed by atoms with E-state index in [1.54, 1.807) is 6.07 Å². The van der Waals surface area contributed by atoms with Crippen molar-refractivity contribution in [3.8, 4) is 18.1 Å². The lowest BCUT2D eigenvalue weighted by Crippen LogP contribution is -2.24. The minimum atomic E-state index is -0.170. The second kappa shape index (κ2) is 6.17. The molecule has 3 N–H and O–H groups in total. The van der Waals surface area contributed by atoms with Gasteiger partial charge in [0.1, 0.15) is 5.75 Å². The van der Waals surface area contributed by atoms with Gasteiger partial charge < -0.3 is 15.7 Å². The number of anilines is 1. The Morgan fingerprint density at radius 2 is 2.24 bits per heavy atom. The number of benzene rings is 1. The van der Waals surface area contributed by atoms with Gasteiger partial charge in [0, 0.05) is 29.9 Å². The molecule has 1 aromatic carbocycles. The molecule has 0 aliphatic rings. The van der Waals surface area contributed by atoms with Gasteiger partial charge in [0.25, 0.3) is 0 Å². The van der Waals surface area contributed by atoms with E-state index in [0.717, 1.165) is 24.2 Å². The lowest BCUT2D eigenvalue weighted by molar-refractivity contribution is 0.463. The monoisotopic (exact) mass is 232 g/mol. The van der Waals surface area contributed by atoms with Crippen LogP contribution < -0.4 is 10.6 Å². The van der Waals surface area contributed by atoms with E-state index in [1.807, 2.05) is 19.1 Å². The van der Waals surface area contributed by atoms with Crippen LogP contribution in [0.25, 0.3) is 0 Å². The van der Waals surface area contributed by atoms with Gasteiger partial charge in [0.15, 0.2) is 0 Å². The van der Waals surface area contributed by atoms with Crippen molar-refractivity contribution in [2.45, 2.75) is 26.3 Å². The van der Waals surface area contributed by atoms with Crippen molar-refractivity contribution < 1.29 is 5.11 Å². The number of nitrogens with two attached hydrogens (primary N) is 1. The van der Waals surface area contributed by atoms with Crippen LogP contribution in [0.1, 0.15) is 31.9 Å². The normalized spacial score (nSPS) is 11.9. The standard InChI is InChI=1S/C14H20N2O/c1-4-8-16(9-5-2)12-6-7-13(11(3)15)14(17)10-12/h1,6-7,10-11,17H,5,8-9,15H2,2-3H3. The van der Waals surface area contributed by atoms with E-state index in [0.29, 0.717) is 6.54 Å². The van der Waals surface area contributed by atoms with E-state index in [-0.39, 0.29) is 11.8 Å². The average Bonchev–Trinajstić information content (AvgIpc) is 2.28. The summed E-state index contributed by atoms with van der Waals surface area (Å²) in [5.74, 6) is 2.86. The molecule has 0 radical (unpaired) electrons. The van der Waals surface area contributed by atoms with Crippen LogP contribution in [0, 0.1) is 12.3 Å². The van der Waals surface area contributed by atoms with Gasteiger partial charge in [-0.3, -0.25) is 0 Å². The Morgan fingerprint density at radius 3 is 2.71 bits per heavy atom. The summed E-state index contributed by atoms with van der Waals surface area (Å²) in [7, 11) is 0. The second-order valence-electron chi connectivity index (χ2n) is 4.16. The fraction of sp³-hybridized carbons (Fsp3) is 0.429. The molecule has 1 atom stereocenters. The Bertz CT molecular complexity index is 407. The van der Waals surface area contributed by atoms with E-state index in [4.69, 9.17) is 12.2 Å². The largest absolute Gasteiger partial charge is 0.508 e. The zero-order valence-electron chi connectivity index (χ0n) is 10.5. The minimum Gasteiger partial charge on any atom is -0.508 e. The summed E-state index contributed by atoms with van der Waals surface area (Å²) in [6.07, 6.45) is 6.35. The maximum atomic E-state index is 9.89. The molecule has 92 valence electrons. The first-order valence-corrected chi connectivity index (χ1v) is 5.87.